The van der Waals surface area contributed by atoms with Crippen LogP contribution in [-0.2, 0) is 24.3 Å². The number of likely N-dealkylation sites (tertiary alicyclic amines) is 1. The average molecular weight is 460 g/mol. The maximum atomic E-state index is 13.4. The monoisotopic (exact) mass is 459 g/mol. The van der Waals surface area contributed by atoms with Crippen LogP contribution in [0.25, 0.3) is 22.3 Å². The molecule has 0 saturated carbocycles. The van der Waals surface area contributed by atoms with Crippen LogP contribution in [0.2, 0.25) is 0 Å². The summed E-state index contributed by atoms with van der Waals surface area (Å²) in [5, 5.41) is 11.5. The minimum absolute atomic E-state index is 0.126. The predicted molar refractivity (Wildman–Crippen MR) is 124 cm³/mol. The number of piperidine rings is 1. The molecule has 8 heteroatoms. The Morgan fingerprint density at radius 3 is 2.62 bits per heavy atom. The largest absolute Gasteiger partial charge is 0.454 e. The van der Waals surface area contributed by atoms with Crippen LogP contribution < -0.4 is 15.0 Å². The first kappa shape index (κ1) is 20.2. The summed E-state index contributed by atoms with van der Waals surface area (Å²) in [4.78, 5) is 33.1. The number of carbonyl (C=O) groups is 1. The van der Waals surface area contributed by atoms with Crippen molar-refractivity contribution in [2.24, 2.45) is 0 Å². The highest BCUT2D eigenvalue weighted by atomic mass is 16.7. The quantitative estimate of drug-likeness (QED) is 0.493. The highest BCUT2D eigenvalue weighted by molar-refractivity contribution is 5.91. The Balaban J connectivity index is 1.45. The molecule has 5 heterocycles. The highest BCUT2D eigenvalue weighted by Gasteiger charge is 2.34. The van der Waals surface area contributed by atoms with Crippen LogP contribution in [0.15, 0.2) is 23.0 Å². The minimum Gasteiger partial charge on any atom is -0.454 e. The SMILES string of the molecule is O=C1CCc2c(cc3n(c2=O)Cc2c-3nc3cc4c(cc3c2CN2CCCCC2)OCO4)C1O. The Morgan fingerprint density at radius 2 is 1.79 bits per heavy atom. The highest BCUT2D eigenvalue weighted by Crippen LogP contribution is 2.42. The predicted octanol–water partition coefficient (Wildman–Crippen LogP) is 2.69. The van der Waals surface area contributed by atoms with Crippen molar-refractivity contribution >= 4 is 16.7 Å². The lowest BCUT2D eigenvalue weighted by Gasteiger charge is -2.27. The van der Waals surface area contributed by atoms with Crippen molar-refractivity contribution in [3.05, 3.63) is 50.8 Å². The summed E-state index contributed by atoms with van der Waals surface area (Å²) in [5.74, 6) is 1.16. The zero-order chi connectivity index (χ0) is 23.0. The van der Waals surface area contributed by atoms with Crippen molar-refractivity contribution < 1.29 is 19.4 Å². The molecule has 0 spiro atoms. The smallest absolute Gasteiger partial charge is 0.254 e. The van der Waals surface area contributed by atoms with Gasteiger partial charge < -0.3 is 19.1 Å². The van der Waals surface area contributed by atoms with Crippen LogP contribution in [0.1, 0.15) is 54.0 Å². The van der Waals surface area contributed by atoms with Crippen LogP contribution in [0.5, 0.6) is 11.5 Å². The van der Waals surface area contributed by atoms with Gasteiger partial charge in [0.1, 0.15) is 6.10 Å². The van der Waals surface area contributed by atoms with Crippen molar-refractivity contribution in [2.75, 3.05) is 19.9 Å². The molecule has 1 atom stereocenters. The number of pyridine rings is 2. The molecule has 1 aliphatic carbocycles. The van der Waals surface area contributed by atoms with E-state index in [0.717, 1.165) is 53.1 Å². The van der Waals surface area contributed by atoms with E-state index in [1.165, 1.54) is 19.3 Å². The molecule has 0 amide bonds. The summed E-state index contributed by atoms with van der Waals surface area (Å²) < 4.78 is 13.0. The third-order valence-electron chi connectivity index (χ3n) is 7.74. The zero-order valence-electron chi connectivity index (χ0n) is 18.8. The van der Waals surface area contributed by atoms with Gasteiger partial charge in [0.15, 0.2) is 17.3 Å². The molecule has 1 fully saturated rings. The fraction of sp³-hybridized carbons (Fsp3) is 0.423. The first-order valence-corrected chi connectivity index (χ1v) is 12.0. The van der Waals surface area contributed by atoms with E-state index < -0.39 is 6.10 Å². The molecule has 8 nitrogen and oxygen atoms in total. The number of nitrogens with zero attached hydrogens (tertiary/aromatic N) is 3. The van der Waals surface area contributed by atoms with Gasteiger partial charge in [-0.15, -0.1) is 0 Å². The lowest BCUT2D eigenvalue weighted by Crippen LogP contribution is -2.31. The first-order chi connectivity index (χ1) is 16.6. The lowest BCUT2D eigenvalue weighted by molar-refractivity contribution is -0.128. The van der Waals surface area contributed by atoms with Gasteiger partial charge in [-0.05, 0) is 55.6 Å². The third-order valence-corrected chi connectivity index (χ3v) is 7.74. The van der Waals surface area contributed by atoms with Crippen molar-refractivity contribution in [1.29, 1.82) is 0 Å². The van der Waals surface area contributed by atoms with E-state index in [0.29, 0.717) is 35.5 Å². The number of fused-ring (bicyclic) bond motifs is 6. The summed E-state index contributed by atoms with van der Waals surface area (Å²) >= 11 is 0. The number of benzene rings is 1. The molecule has 0 bridgehead atoms. The van der Waals surface area contributed by atoms with E-state index >= 15 is 0 Å². The lowest BCUT2D eigenvalue weighted by atomic mass is 9.89. The molecule has 0 radical (unpaired) electrons. The molecule has 1 unspecified atom stereocenters. The molecule has 1 saturated heterocycles. The van der Waals surface area contributed by atoms with Crippen LogP contribution in [0.3, 0.4) is 0 Å². The number of hydrogen-bond acceptors (Lipinski definition) is 7. The second-order valence-electron chi connectivity index (χ2n) is 9.70. The summed E-state index contributed by atoms with van der Waals surface area (Å²) in [6.45, 7) is 3.53. The van der Waals surface area contributed by atoms with E-state index in [9.17, 15) is 14.7 Å². The van der Waals surface area contributed by atoms with Crippen molar-refractivity contribution in [1.82, 2.24) is 14.5 Å². The number of aliphatic hydroxyl groups is 1. The molecule has 174 valence electrons. The topological polar surface area (TPSA) is 93.9 Å². The number of ketones is 1. The van der Waals surface area contributed by atoms with Gasteiger partial charge in [-0.25, -0.2) is 4.98 Å². The van der Waals surface area contributed by atoms with Crippen LogP contribution in [0.4, 0.5) is 0 Å². The van der Waals surface area contributed by atoms with E-state index in [2.05, 4.69) is 4.90 Å². The Kier molecular flexibility index (Phi) is 4.38. The van der Waals surface area contributed by atoms with Crippen LogP contribution in [-0.4, -0.2) is 45.2 Å². The molecule has 1 aromatic carbocycles. The molecular formula is C26H25N3O5. The number of ether oxygens (including phenoxy) is 2. The Hall–Kier alpha value is -3.23. The molecule has 1 N–H and O–H groups in total. The number of aliphatic hydroxyl groups excluding tert-OH is 1. The summed E-state index contributed by atoms with van der Waals surface area (Å²) in [7, 11) is 0. The van der Waals surface area contributed by atoms with E-state index in [1.807, 2.05) is 12.1 Å². The van der Waals surface area contributed by atoms with Gasteiger partial charge in [0.2, 0.25) is 6.79 Å². The molecule has 3 aliphatic heterocycles. The summed E-state index contributed by atoms with van der Waals surface area (Å²) in [5.41, 5.74) is 5.28. The van der Waals surface area contributed by atoms with Gasteiger partial charge >= 0.3 is 0 Å². The standard InChI is InChI=1S/C26H25N3O5/c30-21-5-4-14-16(25(21)31)8-20-24-18(12-29(20)26(14)32)17(11-28-6-2-1-3-7-28)15-9-22-23(34-13-33-22)10-19(15)27-24/h8-10,25,31H,1-7,11-13H2. The second kappa shape index (κ2) is 7.38. The Labute approximate surface area is 195 Å². The molecule has 4 aliphatic rings. The van der Waals surface area contributed by atoms with Gasteiger partial charge in [0.25, 0.3) is 5.56 Å². The molecule has 3 aromatic rings. The summed E-state index contributed by atoms with van der Waals surface area (Å²) in [6.07, 6.45) is 2.97. The number of hydrogen-bond donors (Lipinski definition) is 1. The third kappa shape index (κ3) is 2.88. The zero-order valence-corrected chi connectivity index (χ0v) is 18.8. The normalized spacial score (nSPS) is 21.0. The molecule has 34 heavy (non-hydrogen) atoms. The van der Waals surface area contributed by atoms with Crippen LogP contribution in [0, 0.1) is 0 Å². The maximum Gasteiger partial charge on any atom is 0.254 e. The fourth-order valence-corrected chi connectivity index (χ4v) is 5.94. The minimum atomic E-state index is -1.24. The fourth-order valence-electron chi connectivity index (χ4n) is 5.94. The van der Waals surface area contributed by atoms with Gasteiger partial charge in [0.05, 0.1) is 23.4 Å². The molecular weight excluding hydrogens is 434 g/mol. The van der Waals surface area contributed by atoms with Crippen molar-refractivity contribution in [3.63, 3.8) is 0 Å². The summed E-state index contributed by atoms with van der Waals surface area (Å²) in [6, 6.07) is 5.74. The second-order valence-corrected chi connectivity index (χ2v) is 9.70. The van der Waals surface area contributed by atoms with Gasteiger partial charge in [-0.1, -0.05) is 6.42 Å². The van der Waals surface area contributed by atoms with Gasteiger partial charge in [-0.3, -0.25) is 14.5 Å². The van der Waals surface area contributed by atoms with E-state index in [-0.39, 0.29) is 24.6 Å². The van der Waals surface area contributed by atoms with Crippen molar-refractivity contribution in [2.45, 2.75) is 51.3 Å². The average Bonchev–Trinajstić information content (AvgIpc) is 3.46. The number of carbonyl (C=O) groups excluding carboxylic acids is 1. The van der Waals surface area contributed by atoms with E-state index in [4.69, 9.17) is 14.5 Å². The Morgan fingerprint density at radius 1 is 1.00 bits per heavy atom. The number of aromatic nitrogens is 2. The van der Waals surface area contributed by atoms with Gasteiger partial charge in [0, 0.05) is 35.5 Å². The number of Topliss-reactive ketones (excluding diaryl/α,β-unsaturated/α-hetero) is 1. The maximum absolute atomic E-state index is 13.4. The van der Waals surface area contributed by atoms with Gasteiger partial charge in [-0.2, -0.15) is 0 Å². The Bertz CT molecular complexity index is 1440. The first-order valence-electron chi connectivity index (χ1n) is 12.0. The van der Waals surface area contributed by atoms with E-state index in [1.54, 1.807) is 10.6 Å². The number of rotatable bonds is 2. The van der Waals surface area contributed by atoms with Crippen molar-refractivity contribution in [3.8, 4) is 22.9 Å². The molecule has 2 aromatic heterocycles. The molecule has 7 rings (SSSR count). The van der Waals surface area contributed by atoms with Crippen LogP contribution >= 0.6 is 0 Å².